The monoisotopic (exact) mass is 369 g/mol. The van der Waals surface area contributed by atoms with E-state index in [1.807, 2.05) is 0 Å². The first-order valence-corrected chi connectivity index (χ1v) is 6.73. The summed E-state index contributed by atoms with van der Waals surface area (Å²) in [6.45, 7) is 3.88. The first-order valence-electron chi connectivity index (χ1n) is 6.73. The summed E-state index contributed by atoms with van der Waals surface area (Å²) < 4.78 is 79.6. The number of halogens is 6. The number of rotatable bonds is 3. The second-order valence-electron chi connectivity index (χ2n) is 4.55. The van der Waals surface area contributed by atoms with Crippen LogP contribution in [-0.2, 0) is 21.9 Å². The number of pyridine rings is 1. The molecule has 25 heavy (non-hydrogen) atoms. The van der Waals surface area contributed by atoms with Crippen molar-refractivity contribution in [3.05, 3.63) is 41.5 Å². The molecule has 0 N–H and O–H groups in total. The smallest absolute Gasteiger partial charge is 0.435 e. The molecule has 0 aliphatic carbocycles. The van der Waals surface area contributed by atoms with E-state index in [1.165, 1.54) is 6.92 Å². The SMILES string of the molecule is CCOC=O.Cc1cn(-c2ccc(C(F)(F)F)nc2)nc1C(F)(F)F. The number of ether oxygens (including phenoxy) is 1. The molecule has 0 amide bonds. The maximum absolute atomic E-state index is 12.6. The second kappa shape index (κ2) is 7.99. The average Bonchev–Trinajstić information content (AvgIpc) is 2.90. The van der Waals surface area contributed by atoms with E-state index in [4.69, 9.17) is 0 Å². The van der Waals surface area contributed by atoms with Crippen molar-refractivity contribution in [3.63, 3.8) is 0 Å². The Morgan fingerprint density at radius 1 is 1.16 bits per heavy atom. The van der Waals surface area contributed by atoms with Gasteiger partial charge in [0.25, 0.3) is 6.47 Å². The van der Waals surface area contributed by atoms with Crippen LogP contribution < -0.4 is 0 Å². The summed E-state index contributed by atoms with van der Waals surface area (Å²) in [5.74, 6) is 0. The number of aromatic nitrogens is 3. The van der Waals surface area contributed by atoms with Gasteiger partial charge in [0.1, 0.15) is 5.69 Å². The molecule has 5 nitrogen and oxygen atoms in total. The molecule has 0 saturated heterocycles. The topological polar surface area (TPSA) is 57.0 Å². The maximum atomic E-state index is 12.6. The number of hydrogen-bond donors (Lipinski definition) is 0. The normalized spacial score (nSPS) is 11.5. The van der Waals surface area contributed by atoms with Gasteiger partial charge in [-0.2, -0.15) is 31.4 Å². The van der Waals surface area contributed by atoms with Crippen LogP contribution in [0.3, 0.4) is 0 Å². The average molecular weight is 369 g/mol. The number of carbonyl (C=O) groups excluding carboxylic acids is 1. The minimum Gasteiger partial charge on any atom is -0.468 e. The van der Waals surface area contributed by atoms with Gasteiger partial charge in [-0.1, -0.05) is 0 Å². The van der Waals surface area contributed by atoms with Crippen LogP contribution >= 0.6 is 0 Å². The van der Waals surface area contributed by atoms with Crippen molar-refractivity contribution in [1.29, 1.82) is 0 Å². The molecule has 0 radical (unpaired) electrons. The van der Waals surface area contributed by atoms with Crippen LogP contribution in [0.25, 0.3) is 5.69 Å². The molecule has 2 aromatic rings. The van der Waals surface area contributed by atoms with Gasteiger partial charge in [0, 0.05) is 6.20 Å². The van der Waals surface area contributed by atoms with Gasteiger partial charge in [0.2, 0.25) is 0 Å². The van der Waals surface area contributed by atoms with Gasteiger partial charge in [-0.25, -0.2) is 9.67 Å². The summed E-state index contributed by atoms with van der Waals surface area (Å²) in [5, 5.41) is 3.31. The summed E-state index contributed by atoms with van der Waals surface area (Å²) in [5.41, 5.74) is -2.33. The van der Waals surface area contributed by atoms with E-state index in [1.54, 1.807) is 6.92 Å². The Balaban J connectivity index is 0.000000550. The zero-order chi connectivity index (χ0) is 19.3. The highest BCUT2D eigenvalue weighted by Gasteiger charge is 2.36. The zero-order valence-electron chi connectivity index (χ0n) is 13.0. The molecule has 0 bridgehead atoms. The van der Waals surface area contributed by atoms with Crippen molar-refractivity contribution >= 4 is 6.47 Å². The molecule has 2 heterocycles. The lowest BCUT2D eigenvalue weighted by atomic mass is 10.3. The number of alkyl halides is 6. The van der Waals surface area contributed by atoms with Crippen LogP contribution in [0.2, 0.25) is 0 Å². The maximum Gasteiger partial charge on any atom is 0.435 e. The summed E-state index contributed by atoms with van der Waals surface area (Å²) in [7, 11) is 0. The number of aryl methyl sites for hydroxylation is 1. The second-order valence-corrected chi connectivity index (χ2v) is 4.55. The number of hydrogen-bond acceptors (Lipinski definition) is 4. The molecule has 0 saturated carbocycles. The molecule has 0 aliphatic heterocycles. The molecular weight excluding hydrogens is 356 g/mol. The first kappa shape index (κ1) is 20.5. The molecule has 0 fully saturated rings. The standard InChI is InChI=1S/C11H7F6N3.C3H6O2/c1-6-5-20(19-9(6)11(15,16)17)7-2-3-8(18-4-7)10(12,13)14;1-2-5-3-4/h2-5H,1H3;3H,2H2,1H3. The lowest BCUT2D eigenvalue weighted by Crippen LogP contribution is -2.10. The molecule has 0 spiro atoms. The lowest BCUT2D eigenvalue weighted by molar-refractivity contribution is -0.142. The Kier molecular flexibility index (Phi) is 6.54. The van der Waals surface area contributed by atoms with Crippen molar-refractivity contribution in [2.24, 2.45) is 0 Å². The molecular formula is C14H13F6N3O2. The summed E-state index contributed by atoms with van der Waals surface area (Å²) in [6, 6.07) is 1.68. The van der Waals surface area contributed by atoms with Crippen LogP contribution in [0.1, 0.15) is 23.9 Å². The Hall–Kier alpha value is -2.59. The molecule has 2 rings (SSSR count). The van der Waals surface area contributed by atoms with Crippen molar-refractivity contribution in [2.45, 2.75) is 26.2 Å². The molecule has 11 heteroatoms. The fourth-order valence-electron chi connectivity index (χ4n) is 1.63. The number of carbonyl (C=O) groups is 1. The van der Waals surface area contributed by atoms with Crippen molar-refractivity contribution in [3.8, 4) is 5.69 Å². The van der Waals surface area contributed by atoms with Crippen LogP contribution in [0.15, 0.2) is 24.5 Å². The van der Waals surface area contributed by atoms with Crippen LogP contribution in [0, 0.1) is 6.92 Å². The Morgan fingerprint density at radius 2 is 1.80 bits per heavy atom. The van der Waals surface area contributed by atoms with E-state index in [0.717, 1.165) is 23.1 Å². The largest absolute Gasteiger partial charge is 0.468 e. The van der Waals surface area contributed by atoms with Crippen LogP contribution in [0.5, 0.6) is 0 Å². The highest BCUT2D eigenvalue weighted by atomic mass is 19.4. The van der Waals surface area contributed by atoms with Gasteiger partial charge >= 0.3 is 12.4 Å². The predicted octanol–water partition coefficient (Wildman–Crippen LogP) is 3.79. The van der Waals surface area contributed by atoms with Crippen molar-refractivity contribution in [1.82, 2.24) is 14.8 Å². The Bertz CT molecular complexity index is 692. The summed E-state index contributed by atoms with van der Waals surface area (Å²) in [6.07, 6.45) is -7.33. The van der Waals surface area contributed by atoms with Gasteiger partial charge in [-0.05, 0) is 31.5 Å². The fourth-order valence-corrected chi connectivity index (χ4v) is 1.63. The van der Waals surface area contributed by atoms with E-state index in [9.17, 15) is 31.1 Å². The van der Waals surface area contributed by atoms with E-state index in [-0.39, 0.29) is 11.3 Å². The third kappa shape index (κ3) is 5.76. The van der Waals surface area contributed by atoms with Crippen molar-refractivity contribution in [2.75, 3.05) is 6.61 Å². The molecule has 0 unspecified atom stereocenters. The Labute approximate surface area is 138 Å². The highest BCUT2D eigenvalue weighted by Crippen LogP contribution is 2.31. The summed E-state index contributed by atoms with van der Waals surface area (Å²) in [4.78, 5) is 12.3. The van der Waals surface area contributed by atoms with E-state index in [2.05, 4.69) is 14.8 Å². The third-order valence-corrected chi connectivity index (χ3v) is 2.70. The van der Waals surface area contributed by atoms with E-state index in [0.29, 0.717) is 19.1 Å². The number of nitrogens with zero attached hydrogens (tertiary/aromatic N) is 3. The zero-order valence-corrected chi connectivity index (χ0v) is 13.0. The highest BCUT2D eigenvalue weighted by molar-refractivity contribution is 5.36. The summed E-state index contributed by atoms with van der Waals surface area (Å²) >= 11 is 0. The molecule has 2 aromatic heterocycles. The van der Waals surface area contributed by atoms with Gasteiger partial charge < -0.3 is 4.74 Å². The van der Waals surface area contributed by atoms with Crippen molar-refractivity contribution < 1.29 is 35.9 Å². The van der Waals surface area contributed by atoms with E-state index < -0.39 is 23.7 Å². The minimum atomic E-state index is -4.62. The quantitative estimate of drug-likeness (QED) is 0.610. The molecule has 0 aliphatic rings. The van der Waals surface area contributed by atoms with Gasteiger partial charge in [0.15, 0.2) is 5.69 Å². The van der Waals surface area contributed by atoms with Gasteiger partial charge in [-0.3, -0.25) is 4.79 Å². The van der Waals surface area contributed by atoms with Crippen LogP contribution in [0.4, 0.5) is 26.3 Å². The van der Waals surface area contributed by atoms with E-state index >= 15 is 0 Å². The molecule has 0 atom stereocenters. The predicted molar refractivity (Wildman–Crippen MR) is 73.8 cm³/mol. The third-order valence-electron chi connectivity index (χ3n) is 2.70. The van der Waals surface area contributed by atoms with Gasteiger partial charge in [0.05, 0.1) is 18.5 Å². The first-order chi connectivity index (χ1) is 11.5. The van der Waals surface area contributed by atoms with Gasteiger partial charge in [-0.15, -0.1) is 0 Å². The molecule has 138 valence electrons. The lowest BCUT2D eigenvalue weighted by Gasteiger charge is -2.06. The Morgan fingerprint density at radius 3 is 2.12 bits per heavy atom. The fraction of sp³-hybridized carbons (Fsp3) is 0.357. The minimum absolute atomic E-state index is 0.0107. The molecule has 0 aromatic carbocycles. The van der Waals surface area contributed by atoms with Crippen LogP contribution in [-0.4, -0.2) is 27.8 Å².